The van der Waals surface area contributed by atoms with E-state index in [9.17, 15) is 0 Å². The van der Waals surface area contributed by atoms with E-state index < -0.39 is 0 Å². The van der Waals surface area contributed by atoms with Crippen LogP contribution in [0, 0.1) is 11.3 Å². The first kappa shape index (κ1) is 14.2. The highest BCUT2D eigenvalue weighted by molar-refractivity contribution is 9.09. The Balaban J connectivity index is 2.01. The van der Waals surface area contributed by atoms with Crippen LogP contribution in [-0.2, 0) is 4.74 Å². The standard InChI is InChI=1S/C14H25BrOS/c1-11(15)8-13(2,3)12-4-6-16-14(9-12)5-7-17-10-14/h11-12H,4-10H2,1-3H3. The van der Waals surface area contributed by atoms with Gasteiger partial charge in [0.05, 0.1) is 5.60 Å². The van der Waals surface area contributed by atoms with Crippen LogP contribution in [0.25, 0.3) is 0 Å². The number of alkyl halides is 1. The van der Waals surface area contributed by atoms with E-state index in [1.165, 1.54) is 37.2 Å². The predicted octanol–water partition coefficient (Wildman–Crippen LogP) is 4.49. The highest BCUT2D eigenvalue weighted by atomic mass is 79.9. The molecule has 1 nitrogen and oxygen atoms in total. The maximum Gasteiger partial charge on any atom is 0.0783 e. The van der Waals surface area contributed by atoms with Gasteiger partial charge in [0.2, 0.25) is 0 Å². The van der Waals surface area contributed by atoms with Crippen molar-refractivity contribution in [2.45, 2.75) is 56.9 Å². The molecule has 0 bridgehead atoms. The van der Waals surface area contributed by atoms with Gasteiger partial charge in [0.25, 0.3) is 0 Å². The lowest BCUT2D eigenvalue weighted by atomic mass is 9.68. The van der Waals surface area contributed by atoms with Crippen LogP contribution in [-0.4, -0.2) is 28.5 Å². The number of halogens is 1. The molecule has 0 amide bonds. The summed E-state index contributed by atoms with van der Waals surface area (Å²) in [4.78, 5) is 0.620. The molecule has 2 aliphatic heterocycles. The number of ether oxygens (including phenoxy) is 1. The number of hydrogen-bond donors (Lipinski definition) is 0. The molecular formula is C14H25BrOS. The lowest BCUT2D eigenvalue weighted by Crippen LogP contribution is -2.44. The lowest BCUT2D eigenvalue weighted by molar-refractivity contribution is -0.101. The van der Waals surface area contributed by atoms with E-state index in [0.29, 0.717) is 10.2 Å². The first-order valence-electron chi connectivity index (χ1n) is 6.79. The molecule has 1 spiro atoms. The van der Waals surface area contributed by atoms with Gasteiger partial charge in [0, 0.05) is 17.2 Å². The zero-order chi connectivity index (χ0) is 12.5. The first-order valence-corrected chi connectivity index (χ1v) is 8.86. The molecule has 2 rings (SSSR count). The van der Waals surface area contributed by atoms with E-state index in [1.807, 2.05) is 0 Å². The Morgan fingerprint density at radius 2 is 2.29 bits per heavy atom. The molecule has 0 saturated carbocycles. The van der Waals surface area contributed by atoms with Crippen LogP contribution in [0.5, 0.6) is 0 Å². The Morgan fingerprint density at radius 1 is 1.53 bits per heavy atom. The summed E-state index contributed by atoms with van der Waals surface area (Å²) in [5.41, 5.74) is 0.674. The summed E-state index contributed by atoms with van der Waals surface area (Å²) < 4.78 is 6.12. The van der Waals surface area contributed by atoms with Crippen LogP contribution < -0.4 is 0 Å². The van der Waals surface area contributed by atoms with Gasteiger partial charge in [-0.3, -0.25) is 0 Å². The van der Waals surface area contributed by atoms with Gasteiger partial charge in [-0.2, -0.15) is 11.8 Å². The molecule has 0 aromatic carbocycles. The van der Waals surface area contributed by atoms with Crippen molar-refractivity contribution >= 4 is 27.7 Å². The van der Waals surface area contributed by atoms with Crippen molar-refractivity contribution in [3.05, 3.63) is 0 Å². The van der Waals surface area contributed by atoms with E-state index in [0.717, 1.165) is 12.5 Å². The third-order valence-electron chi connectivity index (χ3n) is 4.47. The lowest BCUT2D eigenvalue weighted by Gasteiger charge is -2.45. The zero-order valence-corrected chi connectivity index (χ0v) is 13.7. The Labute approximate surface area is 119 Å². The maximum atomic E-state index is 6.12. The van der Waals surface area contributed by atoms with Gasteiger partial charge in [0.15, 0.2) is 0 Å². The Hall–Kier alpha value is 0.790. The minimum absolute atomic E-state index is 0.237. The molecular weight excluding hydrogens is 296 g/mol. The highest BCUT2D eigenvalue weighted by Gasteiger charge is 2.44. The van der Waals surface area contributed by atoms with E-state index in [2.05, 4.69) is 48.5 Å². The van der Waals surface area contributed by atoms with Gasteiger partial charge in [-0.05, 0) is 42.8 Å². The molecule has 0 aromatic rings. The SMILES string of the molecule is CC(Br)CC(C)(C)C1CCOC2(CCSC2)C1. The molecule has 0 radical (unpaired) electrons. The Kier molecular flexibility index (Phi) is 4.53. The fourth-order valence-corrected chi connectivity index (χ4v) is 5.66. The second-order valence-electron chi connectivity index (χ2n) is 6.50. The van der Waals surface area contributed by atoms with Gasteiger partial charge in [0.1, 0.15) is 0 Å². The molecule has 0 aliphatic carbocycles. The van der Waals surface area contributed by atoms with Crippen LogP contribution >= 0.6 is 27.7 Å². The molecule has 3 atom stereocenters. The molecule has 0 aromatic heterocycles. The summed E-state index contributed by atoms with van der Waals surface area (Å²) >= 11 is 5.79. The third kappa shape index (κ3) is 3.42. The fraction of sp³-hybridized carbons (Fsp3) is 1.00. The fourth-order valence-electron chi connectivity index (χ4n) is 3.45. The second kappa shape index (κ2) is 5.42. The largest absolute Gasteiger partial charge is 0.374 e. The smallest absolute Gasteiger partial charge is 0.0783 e. The summed E-state index contributed by atoms with van der Waals surface area (Å²) in [6, 6.07) is 0. The monoisotopic (exact) mass is 320 g/mol. The summed E-state index contributed by atoms with van der Waals surface area (Å²) in [5, 5.41) is 0. The predicted molar refractivity (Wildman–Crippen MR) is 80.1 cm³/mol. The molecule has 2 heterocycles. The normalized spacial score (nSPS) is 36.4. The van der Waals surface area contributed by atoms with E-state index in [-0.39, 0.29) is 5.60 Å². The van der Waals surface area contributed by atoms with Crippen LogP contribution in [0.2, 0.25) is 0 Å². The van der Waals surface area contributed by atoms with Crippen LogP contribution in [0.4, 0.5) is 0 Å². The maximum absolute atomic E-state index is 6.12. The third-order valence-corrected chi connectivity index (χ3v) is 6.02. The van der Waals surface area contributed by atoms with E-state index >= 15 is 0 Å². The topological polar surface area (TPSA) is 9.23 Å². The average molecular weight is 321 g/mol. The molecule has 3 heteroatoms. The van der Waals surface area contributed by atoms with E-state index in [1.54, 1.807) is 0 Å². The van der Waals surface area contributed by atoms with Gasteiger partial charge >= 0.3 is 0 Å². The minimum Gasteiger partial charge on any atom is -0.374 e. The summed E-state index contributed by atoms with van der Waals surface area (Å²) in [7, 11) is 0. The van der Waals surface area contributed by atoms with Gasteiger partial charge < -0.3 is 4.74 Å². The van der Waals surface area contributed by atoms with Crippen molar-refractivity contribution in [2.24, 2.45) is 11.3 Å². The van der Waals surface area contributed by atoms with Crippen molar-refractivity contribution in [2.75, 3.05) is 18.1 Å². The number of rotatable bonds is 3. The van der Waals surface area contributed by atoms with Gasteiger partial charge in [-0.1, -0.05) is 36.7 Å². The zero-order valence-electron chi connectivity index (χ0n) is 11.3. The Bertz CT molecular complexity index is 259. The highest BCUT2D eigenvalue weighted by Crippen LogP contribution is 2.47. The quantitative estimate of drug-likeness (QED) is 0.708. The van der Waals surface area contributed by atoms with Crippen molar-refractivity contribution in [1.29, 1.82) is 0 Å². The molecule has 2 saturated heterocycles. The summed E-state index contributed by atoms with van der Waals surface area (Å²) in [6.07, 6.45) is 5.07. The summed E-state index contributed by atoms with van der Waals surface area (Å²) in [6.45, 7) is 8.13. The van der Waals surface area contributed by atoms with Gasteiger partial charge in [-0.15, -0.1) is 0 Å². The number of thioether (sulfide) groups is 1. The second-order valence-corrected chi connectivity index (χ2v) is 9.17. The number of hydrogen-bond acceptors (Lipinski definition) is 2. The molecule has 17 heavy (non-hydrogen) atoms. The van der Waals surface area contributed by atoms with Crippen LogP contribution in [0.1, 0.15) is 46.5 Å². The van der Waals surface area contributed by atoms with Crippen molar-refractivity contribution in [1.82, 2.24) is 0 Å². The summed E-state index contributed by atoms with van der Waals surface area (Å²) in [5.74, 6) is 3.35. The van der Waals surface area contributed by atoms with E-state index in [4.69, 9.17) is 4.74 Å². The van der Waals surface area contributed by atoms with Crippen LogP contribution in [0.15, 0.2) is 0 Å². The molecule has 3 unspecified atom stereocenters. The molecule has 0 N–H and O–H groups in total. The van der Waals surface area contributed by atoms with Crippen molar-refractivity contribution in [3.8, 4) is 0 Å². The molecule has 2 aliphatic rings. The Morgan fingerprint density at radius 3 is 2.88 bits per heavy atom. The van der Waals surface area contributed by atoms with Crippen molar-refractivity contribution < 1.29 is 4.74 Å². The molecule has 100 valence electrons. The molecule has 2 fully saturated rings. The average Bonchev–Trinajstić information content (AvgIpc) is 2.64. The van der Waals surface area contributed by atoms with Crippen molar-refractivity contribution in [3.63, 3.8) is 0 Å². The van der Waals surface area contributed by atoms with Gasteiger partial charge in [-0.25, -0.2) is 0 Å². The minimum atomic E-state index is 0.237. The first-order chi connectivity index (χ1) is 7.94. The van der Waals surface area contributed by atoms with Crippen LogP contribution in [0.3, 0.4) is 0 Å².